The predicted molar refractivity (Wildman–Crippen MR) is 92.4 cm³/mol. The van der Waals surface area contributed by atoms with E-state index in [1.165, 1.54) is 0 Å². The molecule has 0 bridgehead atoms. The second kappa shape index (κ2) is 7.21. The van der Waals surface area contributed by atoms with Gasteiger partial charge in [0.1, 0.15) is 24.4 Å². The summed E-state index contributed by atoms with van der Waals surface area (Å²) in [6, 6.07) is 7.82. The monoisotopic (exact) mass is 330 g/mol. The third-order valence-electron chi connectivity index (χ3n) is 4.36. The Hall–Kier alpha value is -2.08. The Kier molecular flexibility index (Phi) is 5.04. The van der Waals surface area contributed by atoms with Crippen molar-refractivity contribution < 1.29 is 9.47 Å². The van der Waals surface area contributed by atoms with E-state index >= 15 is 0 Å². The first-order chi connectivity index (χ1) is 11.6. The van der Waals surface area contributed by atoms with Gasteiger partial charge in [0.15, 0.2) is 11.5 Å². The van der Waals surface area contributed by atoms with Gasteiger partial charge in [-0.2, -0.15) is 0 Å². The quantitative estimate of drug-likeness (QED) is 0.815. The Balaban J connectivity index is 1.64. The number of ether oxygens (including phenoxy) is 2. The maximum Gasteiger partial charge on any atom is 0.161 e. The SMILES string of the molecule is CCN(Cc1nnc(C(C)C)n1C)CC1COc2ccccc2O1. The van der Waals surface area contributed by atoms with Crippen molar-refractivity contribution in [2.45, 2.75) is 39.3 Å². The minimum Gasteiger partial charge on any atom is -0.486 e. The normalized spacial score (nSPS) is 16.8. The summed E-state index contributed by atoms with van der Waals surface area (Å²) < 4.78 is 14.0. The molecule has 1 aliphatic heterocycles. The molecule has 1 aromatic carbocycles. The standard InChI is InChI=1S/C18H26N4O2/c1-5-22(11-17-19-20-18(13(2)3)21(17)4)10-14-12-23-15-8-6-7-9-16(15)24-14/h6-9,13-14H,5,10-12H2,1-4H3. The molecular formula is C18H26N4O2. The van der Waals surface area contributed by atoms with Gasteiger partial charge in [0.2, 0.25) is 0 Å². The van der Waals surface area contributed by atoms with Crippen LogP contribution in [-0.2, 0) is 13.6 Å². The highest BCUT2D eigenvalue weighted by molar-refractivity contribution is 5.40. The van der Waals surface area contributed by atoms with Crippen LogP contribution in [0.3, 0.4) is 0 Å². The molecule has 0 fully saturated rings. The number of benzene rings is 1. The zero-order chi connectivity index (χ0) is 17.1. The van der Waals surface area contributed by atoms with Crippen molar-refractivity contribution in [3.05, 3.63) is 35.9 Å². The average molecular weight is 330 g/mol. The molecule has 6 heteroatoms. The molecule has 2 heterocycles. The highest BCUT2D eigenvalue weighted by atomic mass is 16.6. The second-order valence-corrected chi connectivity index (χ2v) is 6.51. The Morgan fingerprint density at radius 2 is 2.00 bits per heavy atom. The highest BCUT2D eigenvalue weighted by Crippen LogP contribution is 2.31. The first-order valence-electron chi connectivity index (χ1n) is 8.57. The number of rotatable bonds is 6. The van der Waals surface area contributed by atoms with E-state index in [4.69, 9.17) is 9.47 Å². The Morgan fingerprint density at radius 3 is 2.67 bits per heavy atom. The lowest BCUT2D eigenvalue weighted by atomic mass is 10.2. The number of fused-ring (bicyclic) bond motifs is 1. The molecule has 0 N–H and O–H groups in total. The average Bonchev–Trinajstić information content (AvgIpc) is 2.95. The lowest BCUT2D eigenvalue weighted by Crippen LogP contribution is -2.41. The van der Waals surface area contributed by atoms with Crippen LogP contribution in [0.4, 0.5) is 0 Å². The summed E-state index contributed by atoms with van der Waals surface area (Å²) in [4.78, 5) is 2.32. The summed E-state index contributed by atoms with van der Waals surface area (Å²) in [6.45, 7) is 9.47. The molecule has 2 aromatic rings. The molecular weight excluding hydrogens is 304 g/mol. The molecule has 0 spiro atoms. The Bertz CT molecular complexity index is 683. The van der Waals surface area contributed by atoms with Gasteiger partial charge in [-0.1, -0.05) is 32.9 Å². The summed E-state index contributed by atoms with van der Waals surface area (Å²) in [5.74, 6) is 4.03. The van der Waals surface area contributed by atoms with Crippen molar-refractivity contribution in [2.24, 2.45) is 7.05 Å². The number of hydrogen-bond donors (Lipinski definition) is 0. The highest BCUT2D eigenvalue weighted by Gasteiger charge is 2.23. The summed E-state index contributed by atoms with van der Waals surface area (Å²) >= 11 is 0. The van der Waals surface area contributed by atoms with Crippen molar-refractivity contribution in [3.8, 4) is 11.5 Å². The fraction of sp³-hybridized carbons (Fsp3) is 0.556. The molecule has 1 unspecified atom stereocenters. The van der Waals surface area contributed by atoms with Gasteiger partial charge in [0.05, 0.1) is 6.54 Å². The van der Waals surface area contributed by atoms with Gasteiger partial charge in [-0.25, -0.2) is 0 Å². The summed E-state index contributed by atoms with van der Waals surface area (Å²) in [6.07, 6.45) is 0.0256. The van der Waals surface area contributed by atoms with Gasteiger partial charge in [-0.3, -0.25) is 4.90 Å². The molecule has 3 rings (SSSR count). The molecule has 0 saturated carbocycles. The van der Waals surface area contributed by atoms with Crippen molar-refractivity contribution in [2.75, 3.05) is 19.7 Å². The zero-order valence-electron chi connectivity index (χ0n) is 14.9. The molecule has 1 aromatic heterocycles. The lowest BCUT2D eigenvalue weighted by Gasteiger charge is -2.30. The molecule has 0 saturated heterocycles. The second-order valence-electron chi connectivity index (χ2n) is 6.51. The molecule has 0 amide bonds. The van der Waals surface area contributed by atoms with E-state index in [0.717, 1.165) is 42.8 Å². The maximum absolute atomic E-state index is 6.07. The molecule has 24 heavy (non-hydrogen) atoms. The van der Waals surface area contributed by atoms with Crippen molar-refractivity contribution in [1.29, 1.82) is 0 Å². The van der Waals surface area contributed by atoms with E-state index in [0.29, 0.717) is 12.5 Å². The Morgan fingerprint density at radius 1 is 1.25 bits per heavy atom. The van der Waals surface area contributed by atoms with Gasteiger partial charge in [-0.05, 0) is 18.7 Å². The van der Waals surface area contributed by atoms with Gasteiger partial charge < -0.3 is 14.0 Å². The van der Waals surface area contributed by atoms with E-state index in [1.54, 1.807) is 0 Å². The van der Waals surface area contributed by atoms with Crippen molar-refractivity contribution in [1.82, 2.24) is 19.7 Å². The Labute approximate surface area is 143 Å². The number of hydrogen-bond acceptors (Lipinski definition) is 5. The summed E-state index contributed by atoms with van der Waals surface area (Å²) in [7, 11) is 2.04. The minimum absolute atomic E-state index is 0.0256. The topological polar surface area (TPSA) is 52.4 Å². The molecule has 0 aliphatic carbocycles. The third kappa shape index (κ3) is 3.53. The van der Waals surface area contributed by atoms with Gasteiger partial charge in [0, 0.05) is 19.5 Å². The van der Waals surface area contributed by atoms with Crippen LogP contribution in [0.5, 0.6) is 11.5 Å². The molecule has 6 nitrogen and oxygen atoms in total. The summed E-state index contributed by atoms with van der Waals surface area (Å²) in [5, 5.41) is 8.66. The smallest absolute Gasteiger partial charge is 0.161 e. The van der Waals surface area contributed by atoms with E-state index in [2.05, 4.69) is 40.4 Å². The molecule has 1 atom stereocenters. The van der Waals surface area contributed by atoms with Gasteiger partial charge in [-0.15, -0.1) is 10.2 Å². The van der Waals surface area contributed by atoms with E-state index in [-0.39, 0.29) is 6.10 Å². The van der Waals surface area contributed by atoms with Crippen LogP contribution in [0.25, 0.3) is 0 Å². The van der Waals surface area contributed by atoms with E-state index in [1.807, 2.05) is 31.3 Å². The maximum atomic E-state index is 6.07. The van der Waals surface area contributed by atoms with E-state index in [9.17, 15) is 0 Å². The van der Waals surface area contributed by atoms with Crippen molar-refractivity contribution >= 4 is 0 Å². The fourth-order valence-electron chi connectivity index (χ4n) is 2.96. The third-order valence-corrected chi connectivity index (χ3v) is 4.36. The van der Waals surface area contributed by atoms with Crippen LogP contribution in [0.15, 0.2) is 24.3 Å². The van der Waals surface area contributed by atoms with Crippen LogP contribution in [-0.4, -0.2) is 45.5 Å². The van der Waals surface area contributed by atoms with Crippen molar-refractivity contribution in [3.63, 3.8) is 0 Å². The molecule has 1 aliphatic rings. The first kappa shape index (κ1) is 16.8. The lowest BCUT2D eigenvalue weighted by molar-refractivity contribution is 0.0571. The fourth-order valence-corrected chi connectivity index (χ4v) is 2.96. The first-order valence-corrected chi connectivity index (χ1v) is 8.57. The number of nitrogens with zero attached hydrogens (tertiary/aromatic N) is 4. The van der Waals surface area contributed by atoms with Gasteiger partial charge >= 0.3 is 0 Å². The number of likely N-dealkylation sites (N-methyl/N-ethyl adjacent to an activating group) is 1. The predicted octanol–water partition coefficient (Wildman–Crippen LogP) is 2.60. The molecule has 130 valence electrons. The number of aromatic nitrogens is 3. The largest absolute Gasteiger partial charge is 0.486 e. The summed E-state index contributed by atoms with van der Waals surface area (Å²) in [5.41, 5.74) is 0. The van der Waals surface area contributed by atoms with Crippen LogP contribution in [0.1, 0.15) is 38.3 Å². The molecule has 0 radical (unpaired) electrons. The van der Waals surface area contributed by atoms with Gasteiger partial charge in [0.25, 0.3) is 0 Å². The van der Waals surface area contributed by atoms with Crippen LogP contribution in [0.2, 0.25) is 0 Å². The van der Waals surface area contributed by atoms with Crippen LogP contribution in [0, 0.1) is 0 Å². The number of para-hydroxylation sites is 2. The zero-order valence-corrected chi connectivity index (χ0v) is 14.9. The van der Waals surface area contributed by atoms with Crippen LogP contribution < -0.4 is 9.47 Å². The van der Waals surface area contributed by atoms with Crippen LogP contribution >= 0.6 is 0 Å². The van der Waals surface area contributed by atoms with E-state index < -0.39 is 0 Å². The minimum atomic E-state index is 0.0256.